The molecule has 7 heteroatoms. The third-order valence-corrected chi connectivity index (χ3v) is 1.72. The molecule has 7 nitrogen and oxygen atoms in total. The van der Waals surface area contributed by atoms with Crippen molar-refractivity contribution in [1.82, 2.24) is 4.98 Å². The number of aliphatic hydroxyl groups is 5. The van der Waals surface area contributed by atoms with Crippen molar-refractivity contribution < 1.29 is 39.2 Å². The van der Waals surface area contributed by atoms with Gasteiger partial charge in [-0.25, -0.2) is 4.98 Å². The molecule has 0 saturated heterocycles. The van der Waals surface area contributed by atoms with E-state index >= 15 is 0 Å². The molecule has 0 spiro atoms. The first-order valence-electron chi connectivity index (χ1n) is 9.52. The molecule has 0 fully saturated rings. The summed E-state index contributed by atoms with van der Waals surface area (Å²) < 4.78 is 73.2. The first-order valence-corrected chi connectivity index (χ1v) is 4.52. The maximum absolute atomic E-state index is 10.0. The third-order valence-electron chi connectivity index (χ3n) is 1.72. The molecule has 1 rings (SSSR count). The highest BCUT2D eigenvalue weighted by molar-refractivity contribution is 5.33. The Hall–Kier alpha value is -1.25. The highest BCUT2D eigenvalue weighted by Gasteiger charge is 2.29. The van der Waals surface area contributed by atoms with Gasteiger partial charge < -0.3 is 30.8 Å². The molecule has 0 aliphatic carbocycles. The summed E-state index contributed by atoms with van der Waals surface area (Å²) >= 11 is 0. The smallest absolute Gasteiger partial charge is 0.125 e. The summed E-state index contributed by atoms with van der Waals surface area (Å²) in [5.74, 6) is -0.639. The van der Waals surface area contributed by atoms with E-state index in [0.29, 0.717) is 0 Å². The van der Waals surface area contributed by atoms with E-state index < -0.39 is 67.5 Å². The summed E-state index contributed by atoms with van der Waals surface area (Å²) in [5, 5.41) is 50.6. The second kappa shape index (κ2) is 7.24. The molecule has 0 unspecified atom stereocenters. The van der Waals surface area contributed by atoms with Crippen LogP contribution in [-0.4, -0.2) is 67.9 Å². The average Bonchev–Trinajstić information content (AvgIpc) is 2.53. The van der Waals surface area contributed by atoms with Gasteiger partial charge >= 0.3 is 0 Å². The van der Waals surface area contributed by atoms with Gasteiger partial charge in [0.1, 0.15) is 24.1 Å². The van der Waals surface area contributed by atoms with Crippen molar-refractivity contribution in [3.63, 3.8) is 0 Å². The van der Waals surface area contributed by atoms with Gasteiger partial charge in [-0.2, -0.15) is 0 Å². The van der Waals surface area contributed by atoms with Crippen molar-refractivity contribution in [3.8, 4) is 0 Å². The summed E-state index contributed by atoms with van der Waals surface area (Å²) in [5.41, 5.74) is 0. The van der Waals surface area contributed by atoms with E-state index in [1.165, 1.54) is 0 Å². The maximum Gasteiger partial charge on any atom is 0.125 e. The topological polar surface area (TPSA) is 126 Å². The van der Waals surface area contributed by atoms with Crippen LogP contribution in [0.3, 0.4) is 0 Å². The van der Waals surface area contributed by atoms with E-state index in [1.807, 2.05) is 5.32 Å². The Bertz CT molecular complexity index is 752. The van der Waals surface area contributed by atoms with E-state index in [0.717, 1.165) is 0 Å². The summed E-state index contributed by atoms with van der Waals surface area (Å²) in [7, 11) is 0. The van der Waals surface area contributed by atoms with Crippen molar-refractivity contribution >= 4 is 5.82 Å². The summed E-state index contributed by atoms with van der Waals surface area (Å²) in [6.07, 6.45) is -17.4. The zero-order valence-electron chi connectivity index (χ0n) is 18.9. The zero-order valence-corrected chi connectivity index (χ0v) is 8.89. The predicted molar refractivity (Wildman–Crippen MR) is 63.8 cm³/mol. The standard InChI is InChI=1S/C11H18N2O5/c14-6-8(16)11(18)10(17)7(15)5-13-9-3-1-2-4-12-9/h1-4,7-8,10-11,14-18H,5-6H2,(H,12,13)/t7-,8+,10+,11+/m0/s1/i1D,2D,3D,4D,6D2,7D,8D,10D,11D. The van der Waals surface area contributed by atoms with Gasteiger partial charge in [-0.1, -0.05) is 6.04 Å². The lowest BCUT2D eigenvalue weighted by molar-refractivity contribution is -0.111. The number of nitrogens with one attached hydrogen (secondary N) is 1. The van der Waals surface area contributed by atoms with E-state index in [-0.39, 0.29) is 0 Å². The van der Waals surface area contributed by atoms with Crippen LogP contribution in [-0.2, 0) is 0 Å². The second-order valence-electron chi connectivity index (χ2n) is 2.91. The quantitative estimate of drug-likeness (QED) is 0.335. The molecule has 1 aromatic heterocycles. The van der Waals surface area contributed by atoms with Crippen molar-refractivity contribution in [2.24, 2.45) is 0 Å². The molecule has 6 N–H and O–H groups in total. The number of pyridine rings is 1. The van der Waals surface area contributed by atoms with Gasteiger partial charge in [0.15, 0.2) is 0 Å². The molecule has 0 radical (unpaired) electrons. The minimum Gasteiger partial charge on any atom is -0.394 e. The van der Waals surface area contributed by atoms with Crippen LogP contribution in [0.4, 0.5) is 5.82 Å². The molecule has 0 bridgehead atoms. The van der Waals surface area contributed by atoms with E-state index in [9.17, 15) is 20.4 Å². The van der Waals surface area contributed by atoms with Crippen LogP contribution in [0.2, 0.25) is 0 Å². The molecule has 0 saturated carbocycles. The molecule has 0 aliphatic rings. The van der Waals surface area contributed by atoms with Crippen LogP contribution in [0.5, 0.6) is 0 Å². The molecule has 102 valence electrons. The Balaban J connectivity index is 3.25. The Morgan fingerprint density at radius 1 is 1.28 bits per heavy atom. The van der Waals surface area contributed by atoms with Gasteiger partial charge in [0, 0.05) is 12.7 Å². The minimum absolute atomic E-state index is 0.639. The van der Waals surface area contributed by atoms with Crippen molar-refractivity contribution in [3.05, 3.63) is 24.3 Å². The number of aromatic nitrogens is 1. The summed E-state index contributed by atoms with van der Waals surface area (Å²) in [4.78, 5) is 3.40. The molecule has 1 heterocycles. The molecule has 0 amide bonds. The van der Waals surface area contributed by atoms with E-state index in [1.54, 1.807) is 0 Å². The monoisotopic (exact) mass is 268 g/mol. The van der Waals surface area contributed by atoms with Gasteiger partial charge in [0.25, 0.3) is 0 Å². The number of hydrogen-bond donors (Lipinski definition) is 6. The SMILES string of the molecule is [2H]c1nc(NC[C@]([2H])(O)[C@@]([2H])(O)[C@]([2H])(O)[C@]([2H])(O)C([2H])([2H])O)c([2H])c([2H])c1[2H]. The highest BCUT2D eigenvalue weighted by Crippen LogP contribution is 2.07. The van der Waals surface area contributed by atoms with Crippen molar-refractivity contribution in [2.45, 2.75) is 24.3 Å². The van der Waals surface area contributed by atoms with Gasteiger partial charge in [-0.15, -0.1) is 0 Å². The van der Waals surface area contributed by atoms with Crippen LogP contribution in [0.15, 0.2) is 24.3 Å². The van der Waals surface area contributed by atoms with Crippen LogP contribution in [0.1, 0.15) is 13.7 Å². The first kappa shape index (κ1) is 5.81. The van der Waals surface area contributed by atoms with Crippen molar-refractivity contribution in [1.29, 1.82) is 0 Å². The van der Waals surface area contributed by atoms with Crippen molar-refractivity contribution in [2.75, 3.05) is 18.4 Å². The molecule has 1 aromatic rings. The Labute approximate surface area is 118 Å². The van der Waals surface area contributed by atoms with Gasteiger partial charge in [0.2, 0.25) is 0 Å². The number of anilines is 1. The van der Waals surface area contributed by atoms with Crippen LogP contribution in [0, 0.1) is 0 Å². The predicted octanol–water partition coefficient (Wildman–Crippen LogP) is -2.07. The fourth-order valence-corrected chi connectivity index (χ4v) is 0.867. The van der Waals surface area contributed by atoms with Crippen LogP contribution >= 0.6 is 0 Å². The molecule has 0 aliphatic heterocycles. The molecular weight excluding hydrogens is 240 g/mol. The normalized spacial score (nSPS) is 33.6. The zero-order chi connectivity index (χ0) is 22.5. The van der Waals surface area contributed by atoms with E-state index in [2.05, 4.69) is 4.98 Å². The largest absolute Gasteiger partial charge is 0.394 e. The molecular formula is C11H18N2O5. The molecule has 0 aromatic carbocycles. The number of nitrogens with zero attached hydrogens (tertiary/aromatic N) is 1. The maximum atomic E-state index is 10.0. The van der Waals surface area contributed by atoms with E-state index in [4.69, 9.17) is 18.8 Å². The summed E-state index contributed by atoms with van der Waals surface area (Å²) in [6.45, 7) is -5.41. The molecule has 18 heavy (non-hydrogen) atoms. The first-order chi connectivity index (χ1) is 12.2. The lowest BCUT2D eigenvalue weighted by Crippen LogP contribution is -2.48. The number of hydrogen-bond acceptors (Lipinski definition) is 7. The average molecular weight is 268 g/mol. The van der Waals surface area contributed by atoms with Gasteiger partial charge in [0.05, 0.1) is 26.3 Å². The molecule has 4 atom stereocenters. The second-order valence-corrected chi connectivity index (χ2v) is 2.91. The Morgan fingerprint density at radius 2 is 1.94 bits per heavy atom. The van der Waals surface area contributed by atoms with Crippen LogP contribution < -0.4 is 5.32 Å². The fraction of sp³-hybridized carbons (Fsp3) is 0.545. The third kappa shape index (κ3) is 4.21. The van der Waals surface area contributed by atoms with Gasteiger partial charge in [-0.3, -0.25) is 0 Å². The Morgan fingerprint density at radius 3 is 2.61 bits per heavy atom. The van der Waals surface area contributed by atoms with Crippen LogP contribution in [0.25, 0.3) is 0 Å². The van der Waals surface area contributed by atoms with Gasteiger partial charge in [-0.05, 0) is 12.1 Å². The fourth-order valence-electron chi connectivity index (χ4n) is 0.867. The summed E-state index contributed by atoms with van der Waals surface area (Å²) in [6, 6.07) is -2.20. The highest BCUT2D eigenvalue weighted by atomic mass is 16.4. The Kier molecular flexibility index (Phi) is 2.34. The minimum atomic E-state index is -4.39. The lowest BCUT2D eigenvalue weighted by atomic mass is 10.0. The number of rotatable bonds is 7. The lowest BCUT2D eigenvalue weighted by Gasteiger charge is -2.25.